The zero-order chi connectivity index (χ0) is 44.2. The van der Waals surface area contributed by atoms with E-state index in [4.69, 9.17) is 5.73 Å². The Morgan fingerprint density at radius 3 is 1.73 bits per heavy atom. The summed E-state index contributed by atoms with van der Waals surface area (Å²) in [6.07, 6.45) is -1.07. The highest BCUT2D eigenvalue weighted by molar-refractivity contribution is 8.00. The minimum Gasteiger partial charge on any atom is -0.381 e. The number of amides is 7. The summed E-state index contributed by atoms with van der Waals surface area (Å²) in [6, 6.07) is 11.5. The molecular formula is C43H63N7O8S. The van der Waals surface area contributed by atoms with E-state index in [9.17, 15) is 38.7 Å². The Kier molecular flexibility index (Phi) is 17.9. The van der Waals surface area contributed by atoms with E-state index in [1.165, 1.54) is 23.6 Å². The van der Waals surface area contributed by atoms with Crippen molar-refractivity contribution in [2.24, 2.45) is 23.5 Å². The first-order chi connectivity index (χ1) is 27.7. The Morgan fingerprint density at radius 2 is 1.24 bits per heavy atom. The maximum atomic E-state index is 14.4. The molecule has 1 fully saturated rings. The second-order valence-corrected chi connectivity index (χ2v) is 18.1. The van der Waals surface area contributed by atoms with Gasteiger partial charge in [0.2, 0.25) is 35.4 Å². The van der Waals surface area contributed by atoms with Crippen LogP contribution in [-0.2, 0) is 46.4 Å². The molecule has 0 bridgehead atoms. The van der Waals surface area contributed by atoms with Crippen LogP contribution in [0.1, 0.15) is 79.9 Å². The fourth-order valence-corrected chi connectivity index (χ4v) is 8.08. The minimum atomic E-state index is -1.83. The highest BCUT2D eigenvalue weighted by Gasteiger charge is 2.51. The lowest BCUT2D eigenvalue weighted by Gasteiger charge is -2.35. The third kappa shape index (κ3) is 13.5. The van der Waals surface area contributed by atoms with Crippen LogP contribution >= 0.6 is 11.8 Å². The third-order valence-corrected chi connectivity index (χ3v) is 12.0. The number of hydrogen-bond donors (Lipinski definition) is 7. The number of rotatable bonds is 20. The maximum absolute atomic E-state index is 14.4. The molecule has 1 aliphatic rings. The summed E-state index contributed by atoms with van der Waals surface area (Å²) in [6.45, 7) is 15.5. The number of nitrogens with two attached hydrogens (primary N) is 1. The molecule has 0 aromatic heterocycles. The van der Waals surface area contributed by atoms with Crippen molar-refractivity contribution in [1.82, 2.24) is 31.5 Å². The molecule has 8 N–H and O–H groups in total. The number of aliphatic hydroxyl groups is 1. The molecule has 15 nitrogen and oxygen atoms in total. The molecule has 59 heavy (non-hydrogen) atoms. The summed E-state index contributed by atoms with van der Waals surface area (Å²) < 4.78 is -0.869. The number of carbonyl (C=O) groups is 7. The van der Waals surface area contributed by atoms with Crippen molar-refractivity contribution in [3.63, 3.8) is 0 Å². The molecule has 1 saturated heterocycles. The van der Waals surface area contributed by atoms with Crippen LogP contribution in [0.4, 0.5) is 0 Å². The number of primary amides is 1. The smallest absolute Gasteiger partial charge is 0.254 e. The molecule has 8 atom stereocenters. The molecular weight excluding hydrogens is 775 g/mol. The van der Waals surface area contributed by atoms with Gasteiger partial charge in [-0.2, -0.15) is 0 Å². The van der Waals surface area contributed by atoms with E-state index in [2.05, 4.69) is 26.6 Å². The fourth-order valence-electron chi connectivity index (χ4n) is 6.94. The molecule has 0 radical (unpaired) electrons. The molecule has 16 heteroatoms. The summed E-state index contributed by atoms with van der Waals surface area (Å²) in [5, 5.41) is 25.6. The first kappa shape index (κ1) is 48.4. The van der Waals surface area contributed by atoms with Gasteiger partial charge in [-0.3, -0.25) is 33.6 Å². The third-order valence-electron chi connectivity index (χ3n) is 10.6. The highest BCUT2D eigenvalue weighted by Crippen LogP contribution is 2.40. The fraction of sp³-hybridized carbons (Fsp3) is 0.558. The van der Waals surface area contributed by atoms with E-state index in [1.807, 2.05) is 19.9 Å². The zero-order valence-corrected chi connectivity index (χ0v) is 36.4. The van der Waals surface area contributed by atoms with E-state index in [1.54, 1.807) is 96.1 Å². The van der Waals surface area contributed by atoms with Crippen LogP contribution in [0, 0.1) is 17.8 Å². The number of aliphatic hydroxyl groups excluding tert-OH is 1. The molecule has 2 aromatic rings. The lowest BCUT2D eigenvalue weighted by molar-refractivity contribution is -0.148. The lowest BCUT2D eigenvalue weighted by Crippen LogP contribution is -2.63. The van der Waals surface area contributed by atoms with Crippen LogP contribution in [0.5, 0.6) is 0 Å². The maximum Gasteiger partial charge on any atom is 0.254 e. The second kappa shape index (κ2) is 21.9. The Morgan fingerprint density at radius 1 is 0.746 bits per heavy atom. The van der Waals surface area contributed by atoms with Crippen LogP contribution < -0.4 is 32.3 Å². The van der Waals surface area contributed by atoms with Gasteiger partial charge in [-0.1, -0.05) is 109 Å². The molecule has 1 heterocycles. The predicted molar refractivity (Wildman–Crippen MR) is 227 cm³/mol. The number of nitrogens with one attached hydrogen (secondary N) is 5. The van der Waals surface area contributed by atoms with E-state index in [-0.39, 0.29) is 24.6 Å². The Bertz CT molecular complexity index is 1780. The Balaban J connectivity index is 1.88. The van der Waals surface area contributed by atoms with Gasteiger partial charge < -0.3 is 42.3 Å². The van der Waals surface area contributed by atoms with E-state index in [0.29, 0.717) is 12.0 Å². The largest absolute Gasteiger partial charge is 0.381 e. The number of benzene rings is 2. The van der Waals surface area contributed by atoms with Gasteiger partial charge in [-0.25, -0.2) is 0 Å². The van der Waals surface area contributed by atoms with Crippen molar-refractivity contribution in [3.8, 4) is 0 Å². The molecule has 0 aliphatic carbocycles. The number of carbonyl (C=O) groups excluding carboxylic acids is 7. The van der Waals surface area contributed by atoms with Gasteiger partial charge in [-0.05, 0) is 49.1 Å². The molecule has 3 rings (SSSR count). The average molecular weight is 838 g/mol. The monoisotopic (exact) mass is 837 g/mol. The second-order valence-electron chi connectivity index (χ2n) is 16.5. The van der Waals surface area contributed by atoms with Gasteiger partial charge in [0.05, 0.1) is 11.9 Å². The summed E-state index contributed by atoms with van der Waals surface area (Å²) in [7, 11) is 0. The minimum absolute atomic E-state index is 0.0250. The van der Waals surface area contributed by atoms with Crippen molar-refractivity contribution < 1.29 is 38.7 Å². The van der Waals surface area contributed by atoms with Crippen molar-refractivity contribution in [3.05, 3.63) is 71.8 Å². The SMILES string of the molecule is CC[C@H](C)[C@H](NC(C)=O)C(=O)N[C@H](C(=O)N[C@@H](Cc1ccccc1)[C@H](O)C(=O)N1CSC(C)(C)[C@H]1C(=O)N[C@H](C(=O)N[C@@H](Cc1ccccc1)C(N)=O)C(C)C)C(C)C. The molecule has 7 amide bonds. The standard InChI is InChI=1S/C43H63N7O8S/c1-10-26(6)34(45-27(7)51)40(56)48-32(24(2)3)38(54)46-30(21-28-17-13-11-14-18-28)35(52)42(58)50-23-59-43(8,9)36(50)41(57)49-33(25(4)5)39(55)47-31(37(44)53)22-29-19-15-12-16-20-29/h11-20,24-26,30-36,52H,10,21-23H2,1-9H3,(H2,44,53)(H,45,51)(H,46,54)(H,47,55)(H,48,56)(H,49,57)/t26-,30-,31-,32-,33-,34-,35-,36+/m0/s1. The van der Waals surface area contributed by atoms with Crippen molar-refractivity contribution in [1.29, 1.82) is 0 Å². The van der Waals surface area contributed by atoms with Gasteiger partial charge in [0.1, 0.15) is 30.2 Å². The van der Waals surface area contributed by atoms with Crippen LogP contribution in [0.3, 0.4) is 0 Å². The van der Waals surface area contributed by atoms with E-state index >= 15 is 0 Å². The molecule has 324 valence electrons. The number of nitrogens with zero attached hydrogens (tertiary/aromatic N) is 1. The van der Waals surface area contributed by atoms with Crippen molar-refractivity contribution >= 4 is 53.1 Å². The highest BCUT2D eigenvalue weighted by atomic mass is 32.2. The lowest BCUT2D eigenvalue weighted by atomic mass is 9.94. The first-order valence-corrected chi connectivity index (χ1v) is 21.1. The molecule has 0 saturated carbocycles. The molecule has 2 aromatic carbocycles. The van der Waals surface area contributed by atoms with Gasteiger partial charge in [0.25, 0.3) is 5.91 Å². The van der Waals surface area contributed by atoms with Gasteiger partial charge in [-0.15, -0.1) is 11.8 Å². The molecule has 1 aliphatic heterocycles. The number of thioether (sulfide) groups is 1. The summed E-state index contributed by atoms with van der Waals surface area (Å²) in [4.78, 5) is 95.3. The van der Waals surface area contributed by atoms with Crippen LogP contribution in [0.15, 0.2) is 60.7 Å². The van der Waals surface area contributed by atoms with Crippen LogP contribution in [0.2, 0.25) is 0 Å². The van der Waals surface area contributed by atoms with Gasteiger partial charge >= 0.3 is 0 Å². The summed E-state index contributed by atoms with van der Waals surface area (Å²) in [5.41, 5.74) is 7.14. The van der Waals surface area contributed by atoms with Crippen molar-refractivity contribution in [2.45, 2.75) is 129 Å². The number of hydrogen-bond acceptors (Lipinski definition) is 9. The summed E-state index contributed by atoms with van der Waals surface area (Å²) in [5.74, 6) is -5.48. The van der Waals surface area contributed by atoms with Crippen LogP contribution in [-0.4, -0.2) is 104 Å². The van der Waals surface area contributed by atoms with E-state index in [0.717, 1.165) is 5.56 Å². The van der Waals surface area contributed by atoms with Crippen molar-refractivity contribution in [2.75, 3.05) is 5.88 Å². The van der Waals surface area contributed by atoms with E-state index < -0.39 is 100 Å². The molecule has 0 spiro atoms. The molecule has 0 unspecified atom stereocenters. The van der Waals surface area contributed by atoms with Gasteiger partial charge in [0.15, 0.2) is 6.10 Å². The Hall–Kier alpha value is -4.96. The van der Waals surface area contributed by atoms with Gasteiger partial charge in [0, 0.05) is 18.1 Å². The Labute approximate surface area is 352 Å². The zero-order valence-electron chi connectivity index (χ0n) is 35.6. The topological polar surface area (TPSA) is 229 Å². The summed E-state index contributed by atoms with van der Waals surface area (Å²) >= 11 is 1.31. The quantitative estimate of drug-likeness (QED) is 0.103. The average Bonchev–Trinajstić information content (AvgIpc) is 3.51. The predicted octanol–water partition coefficient (Wildman–Crippen LogP) is 1.80. The van der Waals surface area contributed by atoms with Crippen LogP contribution in [0.25, 0.3) is 0 Å². The first-order valence-electron chi connectivity index (χ1n) is 20.2. The normalized spacial score (nSPS) is 18.4.